The lowest BCUT2D eigenvalue weighted by atomic mass is 10.0. The predicted molar refractivity (Wildman–Crippen MR) is 60.0 cm³/mol. The van der Waals surface area contributed by atoms with Crippen LogP contribution in [0.25, 0.3) is 0 Å². The van der Waals surface area contributed by atoms with Crippen LogP contribution in [0, 0.1) is 6.92 Å². The zero-order valence-corrected chi connectivity index (χ0v) is 9.49. The number of carboxylic acids is 1. The molecule has 2 N–H and O–H groups in total. The molecule has 0 amide bonds. The molecular weight excluding hydrogens is 208 g/mol. The Labute approximate surface area is 94.5 Å². The molecule has 0 aromatic heterocycles. The fourth-order valence-electron chi connectivity index (χ4n) is 1.57. The number of ether oxygens (including phenoxy) is 1. The molecule has 88 valence electrons. The second-order valence-electron chi connectivity index (χ2n) is 3.70. The van der Waals surface area contributed by atoms with Crippen molar-refractivity contribution in [3.05, 3.63) is 23.3 Å². The summed E-state index contributed by atoms with van der Waals surface area (Å²) in [6, 6.07) is 3.39. The molecule has 0 aliphatic carbocycles. The van der Waals surface area contributed by atoms with Gasteiger partial charge >= 0.3 is 5.97 Å². The van der Waals surface area contributed by atoms with E-state index in [0.717, 1.165) is 11.1 Å². The zero-order valence-electron chi connectivity index (χ0n) is 9.49. The van der Waals surface area contributed by atoms with E-state index in [0.29, 0.717) is 18.6 Å². The summed E-state index contributed by atoms with van der Waals surface area (Å²) in [5.41, 5.74) is 1.59. The Balaban J connectivity index is 2.75. The topological polar surface area (TPSA) is 66.8 Å². The van der Waals surface area contributed by atoms with Crippen molar-refractivity contribution in [1.82, 2.24) is 0 Å². The number of phenols is 1. The highest BCUT2D eigenvalue weighted by Crippen LogP contribution is 2.28. The van der Waals surface area contributed by atoms with Gasteiger partial charge in [-0.1, -0.05) is 0 Å². The Morgan fingerprint density at radius 3 is 2.69 bits per heavy atom. The Kier molecular flexibility index (Phi) is 4.17. The van der Waals surface area contributed by atoms with Crippen molar-refractivity contribution in [2.75, 3.05) is 7.11 Å². The Bertz CT molecular complexity index is 385. The summed E-state index contributed by atoms with van der Waals surface area (Å²) in [6.07, 6.45) is 1.15. The third-order valence-corrected chi connectivity index (χ3v) is 2.43. The summed E-state index contributed by atoms with van der Waals surface area (Å²) in [4.78, 5) is 10.4. The van der Waals surface area contributed by atoms with Crippen molar-refractivity contribution in [3.8, 4) is 11.5 Å². The molecule has 0 heterocycles. The number of phenolic OH excluding ortho intramolecular Hbond substituents is 1. The first-order valence-electron chi connectivity index (χ1n) is 5.13. The first-order valence-corrected chi connectivity index (χ1v) is 5.13. The van der Waals surface area contributed by atoms with Crippen LogP contribution in [0.1, 0.15) is 24.0 Å². The lowest BCUT2D eigenvalue weighted by Crippen LogP contribution is -1.97. The molecule has 0 spiro atoms. The van der Waals surface area contributed by atoms with Crippen LogP contribution in [0.5, 0.6) is 11.5 Å². The second kappa shape index (κ2) is 5.39. The maximum absolute atomic E-state index is 10.4. The quantitative estimate of drug-likeness (QED) is 0.803. The van der Waals surface area contributed by atoms with E-state index in [9.17, 15) is 9.90 Å². The van der Waals surface area contributed by atoms with Gasteiger partial charge in [-0.25, -0.2) is 0 Å². The molecule has 0 aliphatic rings. The van der Waals surface area contributed by atoms with Gasteiger partial charge < -0.3 is 14.9 Å². The highest BCUT2D eigenvalue weighted by Gasteiger charge is 2.07. The van der Waals surface area contributed by atoms with E-state index in [1.807, 2.05) is 6.92 Å². The molecule has 4 heteroatoms. The maximum Gasteiger partial charge on any atom is 0.303 e. The standard InChI is InChI=1S/C12H16O4/c1-8-6-10(13)9(7-11(8)16-2)4-3-5-12(14)15/h6-7,13H,3-5H2,1-2H3,(H,14,15). The molecule has 1 aromatic rings. The average Bonchev–Trinajstić information content (AvgIpc) is 2.20. The van der Waals surface area contributed by atoms with E-state index in [1.165, 1.54) is 0 Å². The molecule has 16 heavy (non-hydrogen) atoms. The van der Waals surface area contributed by atoms with Gasteiger partial charge in [0.15, 0.2) is 0 Å². The van der Waals surface area contributed by atoms with Crippen LogP contribution in [-0.2, 0) is 11.2 Å². The van der Waals surface area contributed by atoms with Gasteiger partial charge in [0.05, 0.1) is 7.11 Å². The third kappa shape index (κ3) is 3.15. The fraction of sp³-hybridized carbons (Fsp3) is 0.417. The number of hydrogen-bond acceptors (Lipinski definition) is 3. The zero-order chi connectivity index (χ0) is 12.1. The molecule has 0 saturated carbocycles. The van der Waals surface area contributed by atoms with Crippen LogP contribution in [0.15, 0.2) is 12.1 Å². The molecule has 0 aliphatic heterocycles. The Morgan fingerprint density at radius 1 is 1.44 bits per heavy atom. The van der Waals surface area contributed by atoms with Crippen molar-refractivity contribution in [3.63, 3.8) is 0 Å². The van der Waals surface area contributed by atoms with Crippen molar-refractivity contribution in [2.24, 2.45) is 0 Å². The summed E-state index contributed by atoms with van der Waals surface area (Å²) in [7, 11) is 1.57. The molecule has 0 atom stereocenters. The van der Waals surface area contributed by atoms with E-state index in [-0.39, 0.29) is 12.2 Å². The van der Waals surface area contributed by atoms with E-state index < -0.39 is 5.97 Å². The number of benzene rings is 1. The van der Waals surface area contributed by atoms with Gasteiger partial charge in [0, 0.05) is 6.42 Å². The van der Waals surface area contributed by atoms with E-state index >= 15 is 0 Å². The highest BCUT2D eigenvalue weighted by molar-refractivity contribution is 5.66. The average molecular weight is 224 g/mol. The normalized spacial score (nSPS) is 10.1. The van der Waals surface area contributed by atoms with Crippen LogP contribution < -0.4 is 4.74 Å². The number of aryl methyl sites for hydroxylation is 2. The SMILES string of the molecule is COc1cc(CCCC(=O)O)c(O)cc1C. The van der Waals surface area contributed by atoms with Gasteiger partial charge in [-0.3, -0.25) is 4.79 Å². The molecule has 1 aromatic carbocycles. The Morgan fingerprint density at radius 2 is 2.12 bits per heavy atom. The minimum Gasteiger partial charge on any atom is -0.508 e. The van der Waals surface area contributed by atoms with E-state index in [4.69, 9.17) is 9.84 Å². The van der Waals surface area contributed by atoms with Crippen molar-refractivity contribution >= 4 is 5.97 Å². The summed E-state index contributed by atoms with van der Waals surface area (Å²) >= 11 is 0. The fourth-order valence-corrected chi connectivity index (χ4v) is 1.57. The molecule has 0 bridgehead atoms. The van der Waals surface area contributed by atoms with Gasteiger partial charge in [-0.05, 0) is 43.0 Å². The van der Waals surface area contributed by atoms with Crippen molar-refractivity contribution < 1.29 is 19.7 Å². The molecule has 4 nitrogen and oxygen atoms in total. The lowest BCUT2D eigenvalue weighted by molar-refractivity contribution is -0.137. The smallest absolute Gasteiger partial charge is 0.303 e. The summed E-state index contributed by atoms with van der Waals surface area (Å²) in [6.45, 7) is 1.85. The predicted octanol–water partition coefficient (Wildman–Crippen LogP) is 2.12. The minimum absolute atomic E-state index is 0.107. The summed E-state index contributed by atoms with van der Waals surface area (Å²) in [5, 5.41) is 18.2. The monoisotopic (exact) mass is 224 g/mol. The Hall–Kier alpha value is -1.71. The molecule has 0 radical (unpaired) electrons. The second-order valence-corrected chi connectivity index (χ2v) is 3.70. The first-order chi connectivity index (χ1) is 7.54. The molecule has 0 saturated heterocycles. The van der Waals surface area contributed by atoms with Crippen LogP contribution in [0.3, 0.4) is 0 Å². The van der Waals surface area contributed by atoms with Gasteiger partial charge in [0.2, 0.25) is 0 Å². The van der Waals surface area contributed by atoms with Crippen LogP contribution in [0.4, 0.5) is 0 Å². The number of methoxy groups -OCH3 is 1. The van der Waals surface area contributed by atoms with E-state index in [1.54, 1.807) is 19.2 Å². The molecule has 0 fully saturated rings. The van der Waals surface area contributed by atoms with Crippen LogP contribution in [-0.4, -0.2) is 23.3 Å². The maximum atomic E-state index is 10.4. The van der Waals surface area contributed by atoms with Crippen LogP contribution >= 0.6 is 0 Å². The van der Waals surface area contributed by atoms with Crippen LogP contribution in [0.2, 0.25) is 0 Å². The van der Waals surface area contributed by atoms with Crippen molar-refractivity contribution in [2.45, 2.75) is 26.2 Å². The number of carbonyl (C=O) groups is 1. The number of rotatable bonds is 5. The molecule has 1 rings (SSSR count). The van der Waals surface area contributed by atoms with Gasteiger partial charge in [0.1, 0.15) is 11.5 Å². The summed E-state index contributed by atoms with van der Waals surface area (Å²) < 4.78 is 5.14. The number of aromatic hydroxyl groups is 1. The number of carboxylic acid groups (broad SMARTS) is 1. The van der Waals surface area contributed by atoms with Crippen molar-refractivity contribution in [1.29, 1.82) is 0 Å². The lowest BCUT2D eigenvalue weighted by Gasteiger charge is -2.09. The molecular formula is C12H16O4. The van der Waals surface area contributed by atoms with Gasteiger partial charge in [-0.15, -0.1) is 0 Å². The van der Waals surface area contributed by atoms with Gasteiger partial charge in [-0.2, -0.15) is 0 Å². The largest absolute Gasteiger partial charge is 0.508 e. The molecule has 0 unspecified atom stereocenters. The number of hydrogen-bond donors (Lipinski definition) is 2. The minimum atomic E-state index is -0.821. The highest BCUT2D eigenvalue weighted by atomic mass is 16.5. The summed E-state index contributed by atoms with van der Waals surface area (Å²) in [5.74, 6) is 0.0883. The van der Waals surface area contributed by atoms with E-state index in [2.05, 4.69) is 0 Å². The third-order valence-electron chi connectivity index (χ3n) is 2.43. The number of aliphatic carboxylic acids is 1. The first kappa shape index (κ1) is 12.4. The van der Waals surface area contributed by atoms with Gasteiger partial charge in [0.25, 0.3) is 0 Å².